The number of aromatic nitrogens is 2. The third kappa shape index (κ3) is 4.11. The number of anilines is 1. The molecular weight excluding hydrogens is 534 g/mol. The first-order valence-electron chi connectivity index (χ1n) is 11.0. The number of nitrogens with zero attached hydrogens (tertiary/aromatic N) is 3. The maximum absolute atomic E-state index is 13.4. The average molecular weight is 552 g/mol. The Labute approximate surface area is 224 Å². The van der Waals surface area contributed by atoms with Crippen molar-refractivity contribution in [2.24, 2.45) is 0 Å². The van der Waals surface area contributed by atoms with E-state index in [0.29, 0.717) is 15.9 Å². The molecule has 2 N–H and O–H groups in total. The number of carboxylic acids is 1. The van der Waals surface area contributed by atoms with Crippen LogP contribution in [0.5, 0.6) is 11.5 Å². The van der Waals surface area contributed by atoms with Crippen LogP contribution < -0.4 is 14.4 Å². The van der Waals surface area contributed by atoms with E-state index in [0.717, 1.165) is 16.2 Å². The molecule has 192 valence electrons. The van der Waals surface area contributed by atoms with Crippen molar-refractivity contribution in [2.45, 2.75) is 6.04 Å². The fourth-order valence-corrected chi connectivity index (χ4v) is 5.46. The number of amides is 1. The molecular formula is C26H18ClN3O7S. The summed E-state index contributed by atoms with van der Waals surface area (Å²) in [5, 5.41) is 21.1. The Hall–Kier alpha value is -4.48. The number of benzene rings is 2. The first-order chi connectivity index (χ1) is 18.2. The number of Topliss-reactive ketones (excluding diaryl/α,β-unsaturated/α-hetero) is 1. The molecule has 12 heteroatoms. The number of ketones is 1. The van der Waals surface area contributed by atoms with Gasteiger partial charge in [0.1, 0.15) is 23.3 Å². The highest BCUT2D eigenvalue weighted by atomic mass is 35.5. The van der Waals surface area contributed by atoms with Crippen LogP contribution in [0.4, 0.5) is 5.13 Å². The molecule has 0 saturated carbocycles. The van der Waals surface area contributed by atoms with Gasteiger partial charge >= 0.3 is 11.9 Å². The van der Waals surface area contributed by atoms with E-state index in [1.165, 1.54) is 50.7 Å². The number of hydrogen-bond donors (Lipinski definition) is 2. The van der Waals surface area contributed by atoms with Crippen LogP contribution in [0.3, 0.4) is 0 Å². The van der Waals surface area contributed by atoms with Gasteiger partial charge in [-0.15, -0.1) is 0 Å². The van der Waals surface area contributed by atoms with Crippen molar-refractivity contribution in [1.29, 1.82) is 0 Å². The number of methoxy groups -OCH3 is 2. The summed E-state index contributed by atoms with van der Waals surface area (Å²) in [6.07, 6.45) is 1.50. The zero-order valence-corrected chi connectivity index (χ0v) is 21.4. The molecule has 38 heavy (non-hydrogen) atoms. The summed E-state index contributed by atoms with van der Waals surface area (Å²) in [5.41, 5.74) is 0.642. The highest BCUT2D eigenvalue weighted by Gasteiger charge is 2.49. The van der Waals surface area contributed by atoms with Crippen molar-refractivity contribution in [1.82, 2.24) is 9.97 Å². The summed E-state index contributed by atoms with van der Waals surface area (Å²) in [7, 11) is 2.80. The van der Waals surface area contributed by atoms with Crippen molar-refractivity contribution in [3.05, 3.63) is 82.1 Å². The van der Waals surface area contributed by atoms with Crippen LogP contribution in [0.1, 0.15) is 27.7 Å². The van der Waals surface area contributed by atoms with Crippen molar-refractivity contribution in [2.75, 3.05) is 19.1 Å². The molecule has 2 aromatic carbocycles. The van der Waals surface area contributed by atoms with E-state index in [1.54, 1.807) is 18.2 Å². The number of aliphatic hydroxyl groups is 1. The van der Waals surface area contributed by atoms with Gasteiger partial charge in [-0.2, -0.15) is 0 Å². The molecule has 1 unspecified atom stereocenters. The van der Waals surface area contributed by atoms with E-state index >= 15 is 0 Å². The van der Waals surface area contributed by atoms with Gasteiger partial charge in [-0.25, -0.2) is 9.78 Å². The number of fused-ring (bicyclic) bond motifs is 1. The van der Waals surface area contributed by atoms with Crippen molar-refractivity contribution < 1.29 is 34.1 Å². The number of carbonyl (C=O) groups is 3. The molecule has 0 bridgehead atoms. The lowest BCUT2D eigenvalue weighted by molar-refractivity contribution is -0.132. The van der Waals surface area contributed by atoms with Gasteiger partial charge in [0.05, 0.1) is 51.9 Å². The summed E-state index contributed by atoms with van der Waals surface area (Å²) in [6.45, 7) is 0. The van der Waals surface area contributed by atoms with E-state index in [1.807, 2.05) is 0 Å². The number of hydrogen-bond acceptors (Lipinski definition) is 9. The van der Waals surface area contributed by atoms with Gasteiger partial charge < -0.3 is 19.7 Å². The molecule has 3 heterocycles. The van der Waals surface area contributed by atoms with Gasteiger partial charge in [0.15, 0.2) is 5.13 Å². The molecule has 1 atom stereocenters. The Morgan fingerprint density at radius 2 is 1.82 bits per heavy atom. The van der Waals surface area contributed by atoms with Gasteiger partial charge in [0.25, 0.3) is 5.78 Å². The lowest BCUT2D eigenvalue weighted by Crippen LogP contribution is -2.29. The lowest BCUT2D eigenvalue weighted by Gasteiger charge is -2.22. The van der Waals surface area contributed by atoms with Gasteiger partial charge in [-0.05, 0) is 36.4 Å². The van der Waals surface area contributed by atoms with Gasteiger partial charge in [-0.3, -0.25) is 19.5 Å². The summed E-state index contributed by atoms with van der Waals surface area (Å²) in [6, 6.07) is 11.0. The van der Waals surface area contributed by atoms with Crippen LogP contribution in [-0.4, -0.2) is 52.1 Å². The molecule has 1 fully saturated rings. The van der Waals surface area contributed by atoms with E-state index < -0.39 is 29.5 Å². The minimum absolute atomic E-state index is 0.0551. The van der Waals surface area contributed by atoms with Crippen LogP contribution in [0.2, 0.25) is 5.02 Å². The van der Waals surface area contributed by atoms with Crippen LogP contribution in [0.15, 0.2) is 60.3 Å². The molecule has 0 radical (unpaired) electrons. The Bertz CT molecular complexity index is 1650. The molecule has 10 nitrogen and oxygen atoms in total. The van der Waals surface area contributed by atoms with Gasteiger partial charge in [-0.1, -0.05) is 29.0 Å². The number of aromatic carboxylic acids is 1. The second-order valence-corrected chi connectivity index (χ2v) is 9.51. The quantitative estimate of drug-likeness (QED) is 0.198. The second-order valence-electron chi connectivity index (χ2n) is 8.09. The van der Waals surface area contributed by atoms with Gasteiger partial charge in [0, 0.05) is 12.3 Å². The minimum atomic E-state index is -1.14. The molecule has 0 spiro atoms. The predicted octanol–water partition coefficient (Wildman–Crippen LogP) is 4.69. The average Bonchev–Trinajstić information content (AvgIpc) is 3.46. The monoisotopic (exact) mass is 551 g/mol. The molecule has 5 rings (SSSR count). The largest absolute Gasteiger partial charge is 0.507 e. The number of pyridine rings is 1. The lowest BCUT2D eigenvalue weighted by atomic mass is 9.98. The molecule has 4 aromatic rings. The summed E-state index contributed by atoms with van der Waals surface area (Å²) in [5.74, 6) is -3.07. The Kier molecular flexibility index (Phi) is 6.47. The molecule has 1 amide bonds. The van der Waals surface area contributed by atoms with E-state index in [2.05, 4.69) is 9.97 Å². The number of thiazole rings is 1. The highest BCUT2D eigenvalue weighted by molar-refractivity contribution is 7.22. The Balaban J connectivity index is 1.73. The Morgan fingerprint density at radius 3 is 2.47 bits per heavy atom. The van der Waals surface area contributed by atoms with Crippen LogP contribution in [0.25, 0.3) is 16.0 Å². The first kappa shape index (κ1) is 25.2. The zero-order chi connectivity index (χ0) is 27.1. The standard InChI is InChI=1S/C26H18ClN3O7S/c1-36-17-11-18(37-2)14(27)10-13(17)22(31)20-21(16-5-3-4-8-28-16)30(24(33)23(20)32)26-29-15-7-6-12(25(34)35)9-19(15)38-26/h3-11,21,31H,1-2H3,(H,34,35)/b22-20+. The smallest absolute Gasteiger partial charge is 0.335 e. The summed E-state index contributed by atoms with van der Waals surface area (Å²) < 4.78 is 11.1. The fourth-order valence-electron chi connectivity index (χ4n) is 4.19. The molecule has 1 saturated heterocycles. The maximum atomic E-state index is 13.4. The van der Waals surface area contributed by atoms with Crippen molar-refractivity contribution in [3.63, 3.8) is 0 Å². The Morgan fingerprint density at radius 1 is 1.05 bits per heavy atom. The molecule has 1 aliphatic rings. The van der Waals surface area contributed by atoms with Crippen LogP contribution in [-0.2, 0) is 9.59 Å². The van der Waals surface area contributed by atoms with Crippen molar-refractivity contribution >= 4 is 61.7 Å². The zero-order valence-electron chi connectivity index (χ0n) is 19.8. The third-order valence-corrected chi connectivity index (χ3v) is 7.28. The number of carboxylic acid groups (broad SMARTS) is 1. The van der Waals surface area contributed by atoms with E-state index in [9.17, 15) is 24.6 Å². The van der Waals surface area contributed by atoms with Crippen LogP contribution >= 0.6 is 22.9 Å². The summed E-state index contributed by atoms with van der Waals surface area (Å²) in [4.78, 5) is 48.2. The normalized spacial score (nSPS) is 16.7. The highest BCUT2D eigenvalue weighted by Crippen LogP contribution is 2.45. The summed E-state index contributed by atoms with van der Waals surface area (Å²) >= 11 is 7.33. The third-order valence-electron chi connectivity index (χ3n) is 5.97. The predicted molar refractivity (Wildman–Crippen MR) is 140 cm³/mol. The van der Waals surface area contributed by atoms with Gasteiger partial charge in [0.2, 0.25) is 0 Å². The SMILES string of the molecule is COc1cc(OC)c(/C(O)=C2\C(=O)C(=O)N(c3nc4ccc(C(=O)O)cc4s3)C2c2ccccn2)cc1Cl. The number of aliphatic hydroxyl groups excluding tert-OH is 1. The molecule has 2 aromatic heterocycles. The maximum Gasteiger partial charge on any atom is 0.335 e. The second kappa shape index (κ2) is 9.77. The number of carbonyl (C=O) groups excluding carboxylic acids is 2. The fraction of sp³-hybridized carbons (Fsp3) is 0.115. The molecule has 0 aliphatic carbocycles. The first-order valence-corrected chi connectivity index (χ1v) is 12.2. The van der Waals surface area contributed by atoms with E-state index in [4.69, 9.17) is 21.1 Å². The number of halogens is 1. The minimum Gasteiger partial charge on any atom is -0.507 e. The van der Waals surface area contributed by atoms with Crippen LogP contribution in [0, 0.1) is 0 Å². The van der Waals surface area contributed by atoms with Crippen molar-refractivity contribution in [3.8, 4) is 11.5 Å². The topological polar surface area (TPSA) is 139 Å². The molecule has 1 aliphatic heterocycles. The number of ether oxygens (including phenoxy) is 2. The number of rotatable bonds is 6. The van der Waals surface area contributed by atoms with E-state index in [-0.39, 0.29) is 38.4 Å².